The van der Waals surface area contributed by atoms with E-state index in [0.29, 0.717) is 22.2 Å². The summed E-state index contributed by atoms with van der Waals surface area (Å²) in [6.45, 7) is 1.35. The molecule has 3 aromatic carbocycles. The van der Waals surface area contributed by atoms with Gasteiger partial charge in [0.1, 0.15) is 18.0 Å². The number of carbonyl (C=O) groups is 1. The van der Waals surface area contributed by atoms with E-state index in [0.717, 1.165) is 9.87 Å². The third-order valence-corrected chi connectivity index (χ3v) is 6.77. The third kappa shape index (κ3) is 5.15. The van der Waals surface area contributed by atoms with E-state index in [9.17, 15) is 13.2 Å². The smallest absolute Gasteiger partial charge is 0.264 e. The Kier molecular flexibility index (Phi) is 7.27. The van der Waals surface area contributed by atoms with Gasteiger partial charge in [-0.05, 0) is 61.0 Å². The minimum atomic E-state index is -4.11. The first kappa shape index (κ1) is 23.4. The summed E-state index contributed by atoms with van der Waals surface area (Å²) in [5.74, 6) is 0.302. The predicted molar refractivity (Wildman–Crippen MR) is 125 cm³/mol. The molecule has 7 nitrogen and oxygen atoms in total. The minimum Gasteiger partial charge on any atom is -0.497 e. The SMILES string of the molecule is COc1ccc(S(=O)(=O)N(CC(=O)Nc2cc(Cl)ccc2C)c2ccccc2OC)cc1. The van der Waals surface area contributed by atoms with Crippen molar-refractivity contribution >= 4 is 38.9 Å². The first-order valence-corrected chi connectivity index (χ1v) is 11.4. The summed E-state index contributed by atoms with van der Waals surface area (Å²) in [7, 11) is -1.18. The van der Waals surface area contributed by atoms with Gasteiger partial charge in [-0.2, -0.15) is 0 Å². The number of nitrogens with zero attached hydrogens (tertiary/aromatic N) is 1. The largest absolute Gasteiger partial charge is 0.497 e. The van der Waals surface area contributed by atoms with E-state index in [2.05, 4.69) is 5.32 Å². The van der Waals surface area contributed by atoms with Crippen LogP contribution < -0.4 is 19.1 Å². The van der Waals surface area contributed by atoms with Gasteiger partial charge in [0.2, 0.25) is 5.91 Å². The van der Waals surface area contributed by atoms with Crippen LogP contribution in [0.4, 0.5) is 11.4 Å². The number of carbonyl (C=O) groups excluding carboxylic acids is 1. The fourth-order valence-corrected chi connectivity index (χ4v) is 4.66. The van der Waals surface area contributed by atoms with Crippen LogP contribution in [0.1, 0.15) is 5.56 Å². The van der Waals surface area contributed by atoms with Gasteiger partial charge in [0.25, 0.3) is 10.0 Å². The third-order valence-electron chi connectivity index (χ3n) is 4.76. The molecule has 3 aromatic rings. The maximum atomic E-state index is 13.5. The van der Waals surface area contributed by atoms with Crippen LogP contribution in [0.15, 0.2) is 71.6 Å². The highest BCUT2D eigenvalue weighted by Gasteiger charge is 2.29. The number of hydrogen-bond donors (Lipinski definition) is 1. The highest BCUT2D eigenvalue weighted by atomic mass is 35.5. The first-order valence-electron chi connectivity index (χ1n) is 9.62. The van der Waals surface area contributed by atoms with E-state index in [4.69, 9.17) is 21.1 Å². The molecule has 32 heavy (non-hydrogen) atoms. The van der Waals surface area contributed by atoms with E-state index >= 15 is 0 Å². The van der Waals surface area contributed by atoms with Gasteiger partial charge in [-0.25, -0.2) is 8.42 Å². The van der Waals surface area contributed by atoms with Crippen LogP contribution in [0.3, 0.4) is 0 Å². The lowest BCUT2D eigenvalue weighted by Crippen LogP contribution is -2.38. The zero-order valence-corrected chi connectivity index (χ0v) is 19.4. The molecule has 1 amide bonds. The van der Waals surface area contributed by atoms with E-state index in [1.807, 2.05) is 6.92 Å². The zero-order chi connectivity index (χ0) is 23.3. The van der Waals surface area contributed by atoms with Crippen molar-refractivity contribution in [3.05, 3.63) is 77.3 Å². The minimum absolute atomic E-state index is 0.0101. The lowest BCUT2D eigenvalue weighted by molar-refractivity contribution is -0.114. The Hall–Kier alpha value is -3.23. The molecule has 0 aliphatic carbocycles. The summed E-state index contributed by atoms with van der Waals surface area (Å²) in [6, 6.07) is 17.6. The van der Waals surface area contributed by atoms with Crippen LogP contribution in [0, 0.1) is 6.92 Å². The molecule has 9 heteroatoms. The van der Waals surface area contributed by atoms with E-state index < -0.39 is 22.5 Å². The van der Waals surface area contributed by atoms with Crippen molar-refractivity contribution < 1.29 is 22.7 Å². The van der Waals surface area contributed by atoms with Gasteiger partial charge in [-0.3, -0.25) is 9.10 Å². The Morgan fingerprint density at radius 1 is 1.00 bits per heavy atom. The van der Waals surface area contributed by atoms with Gasteiger partial charge >= 0.3 is 0 Å². The second-order valence-electron chi connectivity index (χ2n) is 6.87. The topological polar surface area (TPSA) is 84.9 Å². The fourth-order valence-electron chi connectivity index (χ4n) is 3.06. The molecule has 0 aliphatic rings. The van der Waals surface area contributed by atoms with Gasteiger partial charge in [-0.15, -0.1) is 0 Å². The molecule has 168 valence electrons. The molecule has 0 aliphatic heterocycles. The van der Waals surface area contributed by atoms with Crippen molar-refractivity contribution in [2.45, 2.75) is 11.8 Å². The van der Waals surface area contributed by atoms with Crippen molar-refractivity contribution in [2.75, 3.05) is 30.4 Å². The average molecular weight is 475 g/mol. The Bertz CT molecular complexity index is 1210. The van der Waals surface area contributed by atoms with Crippen LogP contribution in [-0.2, 0) is 14.8 Å². The Morgan fingerprint density at radius 2 is 1.69 bits per heavy atom. The van der Waals surface area contributed by atoms with Gasteiger partial charge in [-0.1, -0.05) is 29.8 Å². The summed E-state index contributed by atoms with van der Waals surface area (Å²) < 4.78 is 38.6. The second-order valence-corrected chi connectivity index (χ2v) is 9.17. The molecular formula is C23H23ClN2O5S. The fraction of sp³-hybridized carbons (Fsp3) is 0.174. The lowest BCUT2D eigenvalue weighted by atomic mass is 10.2. The van der Waals surface area contributed by atoms with Crippen molar-refractivity contribution in [2.24, 2.45) is 0 Å². The standard InChI is InChI=1S/C23H23ClN2O5S/c1-16-8-9-17(24)14-20(16)25-23(27)15-26(21-6-4-5-7-22(21)31-3)32(28,29)19-12-10-18(30-2)11-13-19/h4-14H,15H2,1-3H3,(H,25,27). The van der Waals surface area contributed by atoms with Gasteiger partial charge in [0.05, 0.1) is 24.8 Å². The molecule has 0 unspecified atom stereocenters. The number of aryl methyl sites for hydroxylation is 1. The number of hydrogen-bond acceptors (Lipinski definition) is 5. The molecule has 0 bridgehead atoms. The van der Waals surface area contributed by atoms with Crippen LogP contribution in [-0.4, -0.2) is 35.1 Å². The molecular weight excluding hydrogens is 452 g/mol. The van der Waals surface area contributed by atoms with E-state index in [1.54, 1.807) is 54.6 Å². The zero-order valence-electron chi connectivity index (χ0n) is 17.8. The Morgan fingerprint density at radius 3 is 2.34 bits per heavy atom. The van der Waals surface area contributed by atoms with Crippen LogP contribution in [0.25, 0.3) is 0 Å². The number of amides is 1. The summed E-state index contributed by atoms with van der Waals surface area (Å²) >= 11 is 6.03. The summed E-state index contributed by atoms with van der Waals surface area (Å²) in [4.78, 5) is 12.9. The molecule has 0 radical (unpaired) electrons. The Labute approximate surface area is 192 Å². The monoisotopic (exact) mass is 474 g/mol. The summed E-state index contributed by atoms with van der Waals surface area (Å²) in [5.41, 5.74) is 1.54. The lowest BCUT2D eigenvalue weighted by Gasteiger charge is -2.25. The van der Waals surface area contributed by atoms with Crippen molar-refractivity contribution in [1.29, 1.82) is 0 Å². The number of ether oxygens (including phenoxy) is 2. The maximum absolute atomic E-state index is 13.5. The van der Waals surface area contributed by atoms with Gasteiger partial charge in [0, 0.05) is 10.7 Å². The van der Waals surface area contributed by atoms with Crippen LogP contribution in [0.2, 0.25) is 5.02 Å². The van der Waals surface area contributed by atoms with Crippen LogP contribution >= 0.6 is 11.6 Å². The molecule has 0 fully saturated rings. The molecule has 0 atom stereocenters. The number of sulfonamides is 1. The highest BCUT2D eigenvalue weighted by molar-refractivity contribution is 7.92. The second kappa shape index (κ2) is 9.93. The summed E-state index contributed by atoms with van der Waals surface area (Å²) in [6.07, 6.45) is 0. The van der Waals surface area contributed by atoms with Crippen molar-refractivity contribution in [3.63, 3.8) is 0 Å². The number of methoxy groups -OCH3 is 2. The number of nitrogens with one attached hydrogen (secondary N) is 1. The Balaban J connectivity index is 2.00. The molecule has 0 saturated carbocycles. The summed E-state index contributed by atoms with van der Waals surface area (Å²) in [5, 5.41) is 3.20. The van der Waals surface area contributed by atoms with Crippen molar-refractivity contribution in [3.8, 4) is 11.5 Å². The number of rotatable bonds is 8. The first-order chi connectivity index (χ1) is 15.3. The predicted octanol–water partition coefficient (Wildman–Crippen LogP) is 4.50. The van der Waals surface area contributed by atoms with Crippen molar-refractivity contribution in [1.82, 2.24) is 0 Å². The molecule has 0 spiro atoms. The number of anilines is 2. The number of halogens is 1. The molecule has 0 saturated heterocycles. The molecule has 0 heterocycles. The quantitative estimate of drug-likeness (QED) is 0.519. The molecule has 3 rings (SSSR count). The van der Waals surface area contributed by atoms with Gasteiger partial charge in [0.15, 0.2) is 0 Å². The van der Waals surface area contributed by atoms with E-state index in [1.165, 1.54) is 26.4 Å². The highest BCUT2D eigenvalue weighted by Crippen LogP contribution is 2.32. The number of benzene rings is 3. The normalized spacial score (nSPS) is 11.0. The van der Waals surface area contributed by atoms with Crippen LogP contribution in [0.5, 0.6) is 11.5 Å². The number of para-hydroxylation sites is 2. The average Bonchev–Trinajstić information content (AvgIpc) is 2.79. The molecule has 1 N–H and O–H groups in total. The van der Waals surface area contributed by atoms with Gasteiger partial charge < -0.3 is 14.8 Å². The van der Waals surface area contributed by atoms with E-state index in [-0.39, 0.29) is 10.6 Å². The molecule has 0 aromatic heterocycles. The maximum Gasteiger partial charge on any atom is 0.264 e.